The van der Waals surface area contributed by atoms with E-state index in [1.54, 1.807) is 66.7 Å². The molecule has 0 saturated carbocycles. The average molecular weight is 2140 g/mol. The van der Waals surface area contributed by atoms with Crippen molar-refractivity contribution in [1.82, 2.24) is 19.9 Å². The van der Waals surface area contributed by atoms with Crippen LogP contribution >= 0.6 is 22.7 Å². The number of thiazole rings is 2. The third-order valence-electron chi connectivity index (χ3n) is 14.0. The van der Waals surface area contributed by atoms with Gasteiger partial charge in [0.05, 0.1) is 76.0 Å². The Morgan fingerprint density at radius 2 is 0.922 bits per heavy atom. The van der Waals surface area contributed by atoms with Gasteiger partial charge in [-0.05, 0) is 153 Å². The predicted molar refractivity (Wildman–Crippen MR) is 406 cm³/mol. The van der Waals surface area contributed by atoms with Crippen LogP contribution in [0.2, 0.25) is 0 Å². The van der Waals surface area contributed by atoms with Crippen molar-refractivity contribution in [3.8, 4) is 32.4 Å². The Morgan fingerprint density at radius 1 is 0.447 bits per heavy atom. The van der Waals surface area contributed by atoms with E-state index in [1.807, 2.05) is 177 Å². The third kappa shape index (κ3) is 34.2. The molecule has 5 aromatic heterocycles. The number of rotatable bonds is 14. The minimum absolute atomic E-state index is 0. The number of fused-ring (bicyclic) bond motifs is 5. The number of para-hydroxylation sites is 3. The van der Waals surface area contributed by atoms with E-state index >= 15 is 0 Å². The van der Waals surface area contributed by atoms with Crippen LogP contribution in [0.15, 0.2) is 222 Å². The summed E-state index contributed by atoms with van der Waals surface area (Å²) in [5.41, 5.74) is 9.79. The summed E-state index contributed by atoms with van der Waals surface area (Å²) in [7, 11) is 3.89. The average Bonchev–Trinajstić information content (AvgIpc) is 1.74. The first-order chi connectivity index (χ1) is 47.4. The van der Waals surface area contributed by atoms with Gasteiger partial charge in [0, 0.05) is 127 Å². The largest absolute Gasteiger partial charge is 0.496 e. The van der Waals surface area contributed by atoms with Gasteiger partial charge < -0.3 is 50.2 Å². The van der Waals surface area contributed by atoms with E-state index in [0.29, 0.717) is 41.8 Å². The molecule has 13 aromatic rings. The van der Waals surface area contributed by atoms with Crippen molar-refractivity contribution >= 4 is 81.4 Å². The summed E-state index contributed by atoms with van der Waals surface area (Å²) in [5.74, 6) is 0. The van der Waals surface area contributed by atoms with Gasteiger partial charge >= 0.3 is 0 Å². The molecule has 0 aliphatic rings. The van der Waals surface area contributed by atoms with Gasteiger partial charge in [0.2, 0.25) is 0 Å². The maximum atomic E-state index is 12.3. The summed E-state index contributed by atoms with van der Waals surface area (Å²) in [6.07, 6.45) is 1.57. The van der Waals surface area contributed by atoms with Crippen LogP contribution in [0.3, 0.4) is 0 Å². The van der Waals surface area contributed by atoms with E-state index in [4.69, 9.17) is 45.3 Å². The molecule has 0 saturated heterocycles. The van der Waals surface area contributed by atoms with E-state index < -0.39 is 5.63 Å². The van der Waals surface area contributed by atoms with Gasteiger partial charge in [-0.1, -0.05) is 102 Å². The van der Waals surface area contributed by atoms with Crippen molar-refractivity contribution in [3.05, 3.63) is 258 Å². The fraction of sp³-hybridized carbons (Fsp3) is 0.280. The molecule has 0 fully saturated rings. The molecule has 8 unspecified atom stereocenters. The van der Waals surface area contributed by atoms with Crippen LogP contribution < -0.4 is 10.5 Å². The smallest absolute Gasteiger partial charge is 0.269 e. The van der Waals surface area contributed by atoms with Gasteiger partial charge in [0.1, 0.15) is 0 Å². The SMILES string of the molecule is CC(O)CC(C)O.CC(O)CC(C)O.CC(O)CC(C)O.CC(O)CC(C)O.CN(C)c1ccc2[c-]c(-c3nc4ccccc4s3)c(=O)oc2c1.[Ir].[Ir].[Ir].[Ir].[c-]1cc2ccccc2cc1-c1nc2ccccc2s1.[c-]1ccccc1-c1ccc2ccccc2n1.[c-]1ccccc1Cc1ccccn1. The second-order valence-corrected chi connectivity index (χ2v) is 26.3. The fourth-order valence-corrected chi connectivity index (χ4v) is 11.6. The minimum Gasteiger partial charge on any atom is -0.496 e. The standard InChI is InChI=1S/C18H13N2O2S.C17H10NS.C15H10N.C12H10N.4C5H12O2.4Ir/c1-20(2)12-8-7-11-9-13(18(21)22-15(11)10-12)17-19-14-5-3-4-6-16(14)23-17;1-2-6-13-11-14(10-9-12(13)5-1)17-18-15-7-3-4-8-16(15)19-17;1-2-6-12(7-3-1)15-11-10-13-8-4-5-9-14(13)16-15;1-2-6-11(7-3-1)10-12-8-4-5-9-13-12;4*1-4(6)3-5(2)7;;;;/h3-8,10H,1-2H3;1-9,11H;1-6,8-11H;1-6,8-9H,10H2;4*4-7H,3H2,1-2H3;;;;/q4*-1;;;;;;;;. The number of aliphatic hydroxyl groups excluding tert-OH is 8. The van der Waals surface area contributed by atoms with E-state index in [-0.39, 0.29) is 129 Å². The Hall–Kier alpha value is -6.35. The van der Waals surface area contributed by atoms with Crippen LogP contribution in [0, 0.1) is 24.3 Å². The first-order valence-corrected chi connectivity index (χ1v) is 34.5. The quantitative estimate of drug-likeness (QED) is 0.0373. The molecule has 0 bridgehead atoms. The van der Waals surface area contributed by atoms with Gasteiger partial charge in [0.25, 0.3) is 5.63 Å². The Morgan fingerprint density at radius 3 is 1.41 bits per heavy atom. The third-order valence-corrected chi connectivity index (χ3v) is 16.2. The molecule has 556 valence electrons. The van der Waals surface area contributed by atoms with Crippen molar-refractivity contribution < 1.29 is 126 Å². The monoisotopic (exact) mass is 2140 g/mol. The van der Waals surface area contributed by atoms with Crippen LogP contribution in [-0.2, 0) is 86.8 Å². The molecule has 21 heteroatoms. The maximum Gasteiger partial charge on any atom is 0.269 e. The molecule has 8 atom stereocenters. The normalized spacial score (nSPS) is 12.6. The van der Waals surface area contributed by atoms with Crippen molar-refractivity contribution in [3.63, 3.8) is 0 Å². The van der Waals surface area contributed by atoms with Crippen LogP contribution in [0.1, 0.15) is 92.3 Å². The Bertz CT molecular complexity index is 4320. The van der Waals surface area contributed by atoms with Gasteiger partial charge in [0.15, 0.2) is 0 Å². The minimum atomic E-state index is -0.410. The summed E-state index contributed by atoms with van der Waals surface area (Å²) in [6.45, 7) is 13.3. The Labute approximate surface area is 667 Å². The zero-order chi connectivity index (χ0) is 71.8. The molecule has 0 amide bonds. The predicted octanol–water partition coefficient (Wildman–Crippen LogP) is 15.6. The summed E-state index contributed by atoms with van der Waals surface area (Å²) in [6, 6.07) is 81.3. The number of hydrogen-bond acceptors (Lipinski definition) is 17. The summed E-state index contributed by atoms with van der Waals surface area (Å²) in [5, 5.41) is 74.6. The molecule has 0 aliphatic carbocycles. The first-order valence-electron chi connectivity index (χ1n) is 32.8. The number of aliphatic hydroxyl groups is 8. The van der Waals surface area contributed by atoms with Crippen molar-refractivity contribution in [2.45, 2.75) is 136 Å². The number of hydrogen-bond donors (Lipinski definition) is 8. The molecule has 13 rings (SSSR count). The maximum absolute atomic E-state index is 12.3. The van der Waals surface area contributed by atoms with Gasteiger partial charge in [-0.3, -0.25) is 24.7 Å². The number of pyridine rings is 2. The summed E-state index contributed by atoms with van der Waals surface area (Å²) in [4.78, 5) is 32.4. The zero-order valence-corrected chi connectivity index (χ0v) is 70.4. The molecule has 8 aromatic carbocycles. The number of anilines is 1. The zero-order valence-electron chi connectivity index (χ0n) is 59.1. The summed E-state index contributed by atoms with van der Waals surface area (Å²) >= 11 is 3.19. The van der Waals surface area contributed by atoms with Crippen molar-refractivity contribution in [2.24, 2.45) is 0 Å². The van der Waals surface area contributed by atoms with Gasteiger partial charge in [-0.15, -0.1) is 77.2 Å². The van der Waals surface area contributed by atoms with E-state index in [9.17, 15) is 4.79 Å². The van der Waals surface area contributed by atoms with Crippen LogP contribution in [0.4, 0.5) is 5.69 Å². The van der Waals surface area contributed by atoms with E-state index in [0.717, 1.165) is 66.3 Å². The van der Waals surface area contributed by atoms with Crippen LogP contribution in [-0.4, -0.2) is 124 Å². The molecular weight excluding hydrogens is 2050 g/mol. The molecular formula is C82H91Ir4N5O10S2-4. The molecule has 8 N–H and O–H groups in total. The molecule has 4 radical (unpaired) electrons. The molecule has 103 heavy (non-hydrogen) atoms. The number of nitrogens with zero attached hydrogens (tertiary/aromatic N) is 5. The van der Waals surface area contributed by atoms with Crippen LogP contribution in [0.5, 0.6) is 0 Å². The number of aromatic nitrogens is 4. The van der Waals surface area contributed by atoms with E-state index in [2.05, 4.69) is 98.8 Å². The molecule has 0 spiro atoms. The molecule has 5 heterocycles. The van der Waals surface area contributed by atoms with E-state index in [1.165, 1.54) is 37.8 Å². The first kappa shape index (κ1) is 92.7. The second kappa shape index (κ2) is 49.4. The number of benzene rings is 8. The fourth-order valence-electron chi connectivity index (χ4n) is 9.65. The van der Waals surface area contributed by atoms with Crippen LogP contribution in [0.25, 0.3) is 85.5 Å². The topological polar surface area (TPSA) is 247 Å². The summed E-state index contributed by atoms with van der Waals surface area (Å²) < 4.78 is 7.75. The van der Waals surface area contributed by atoms with Crippen molar-refractivity contribution in [2.75, 3.05) is 19.0 Å². The molecule has 15 nitrogen and oxygen atoms in total. The van der Waals surface area contributed by atoms with Gasteiger partial charge in [-0.25, -0.2) is 0 Å². The molecule has 0 aliphatic heterocycles. The Balaban J connectivity index is 0.000000416. The van der Waals surface area contributed by atoms with Crippen molar-refractivity contribution in [1.29, 1.82) is 0 Å². The van der Waals surface area contributed by atoms with Gasteiger partial charge in [-0.2, -0.15) is 58.6 Å². The Kier molecular flexibility index (Phi) is 44.5. The second-order valence-electron chi connectivity index (χ2n) is 24.2.